The molecule has 120 valence electrons. The highest BCUT2D eigenvalue weighted by atomic mass is 16.6. The third-order valence-corrected chi connectivity index (χ3v) is 3.59. The first-order valence-corrected chi connectivity index (χ1v) is 6.92. The molecule has 24 heavy (non-hydrogen) atoms. The van der Waals surface area contributed by atoms with E-state index in [1.54, 1.807) is 6.92 Å². The fourth-order valence-electron chi connectivity index (χ4n) is 2.59. The molecule has 1 aliphatic rings. The molecular formula is C15H12N6O3. The average molecular weight is 324 g/mol. The van der Waals surface area contributed by atoms with Crippen LogP contribution in [0, 0.1) is 21.4 Å². The summed E-state index contributed by atoms with van der Waals surface area (Å²) < 4.78 is 6.68. The molecule has 0 bridgehead atoms. The molecule has 0 spiro atoms. The van der Waals surface area contributed by atoms with Gasteiger partial charge in [0.1, 0.15) is 23.1 Å². The van der Waals surface area contributed by atoms with Gasteiger partial charge in [-0.25, -0.2) is 0 Å². The number of hydrogen-bond acceptors (Lipinski definition) is 7. The monoisotopic (exact) mass is 324 g/mol. The topological polar surface area (TPSA) is 133 Å². The van der Waals surface area contributed by atoms with E-state index in [-0.39, 0.29) is 11.5 Å². The summed E-state index contributed by atoms with van der Waals surface area (Å²) >= 11 is 0. The van der Waals surface area contributed by atoms with Crippen molar-refractivity contribution < 1.29 is 9.66 Å². The summed E-state index contributed by atoms with van der Waals surface area (Å²) in [6.45, 7) is 1.65. The number of nitriles is 1. The van der Waals surface area contributed by atoms with Crippen LogP contribution in [0.25, 0.3) is 5.70 Å². The maximum absolute atomic E-state index is 10.8. The number of hydrogen-bond donors (Lipinski definition) is 1. The Kier molecular flexibility index (Phi) is 3.71. The minimum Gasteiger partial charge on any atom is -0.443 e. The van der Waals surface area contributed by atoms with Crippen LogP contribution >= 0.6 is 0 Å². The molecule has 0 saturated heterocycles. The number of rotatable bonds is 3. The lowest BCUT2D eigenvalue weighted by Gasteiger charge is -2.26. The van der Waals surface area contributed by atoms with E-state index in [0.717, 1.165) is 5.56 Å². The fourth-order valence-corrected chi connectivity index (χ4v) is 2.59. The predicted octanol–water partition coefficient (Wildman–Crippen LogP) is 1.88. The van der Waals surface area contributed by atoms with E-state index < -0.39 is 16.8 Å². The highest BCUT2D eigenvalue weighted by Crippen LogP contribution is 2.41. The van der Waals surface area contributed by atoms with Crippen LogP contribution in [0.15, 0.2) is 53.9 Å². The summed E-state index contributed by atoms with van der Waals surface area (Å²) in [6, 6.07) is 11.2. The second kappa shape index (κ2) is 5.85. The molecule has 0 saturated carbocycles. The summed E-state index contributed by atoms with van der Waals surface area (Å²) in [7, 11) is 0. The van der Waals surface area contributed by atoms with E-state index in [4.69, 9.17) is 10.5 Å². The molecule has 1 aromatic heterocycles. The van der Waals surface area contributed by atoms with Gasteiger partial charge in [0, 0.05) is 5.10 Å². The predicted molar refractivity (Wildman–Crippen MR) is 82.7 cm³/mol. The van der Waals surface area contributed by atoms with Crippen LogP contribution in [-0.2, 0) is 4.74 Å². The van der Waals surface area contributed by atoms with Gasteiger partial charge in [-0.15, -0.1) is 4.68 Å². The highest BCUT2D eigenvalue weighted by molar-refractivity contribution is 5.66. The zero-order chi connectivity index (χ0) is 17.3. The molecule has 1 aromatic carbocycles. The number of aromatic nitrogens is 3. The average Bonchev–Trinajstić information content (AvgIpc) is 3.05. The van der Waals surface area contributed by atoms with Gasteiger partial charge in [-0.3, -0.25) is 0 Å². The summed E-state index contributed by atoms with van der Waals surface area (Å²) in [4.78, 5) is 13.8. The SMILES string of the molecule is CC1=C(n2cnc([N+](=O)[O-])n2)C(c2ccccc2)C(C#N)=C(N)O1. The van der Waals surface area contributed by atoms with Crippen molar-refractivity contribution in [2.24, 2.45) is 5.73 Å². The van der Waals surface area contributed by atoms with E-state index in [9.17, 15) is 15.4 Å². The van der Waals surface area contributed by atoms with Crippen molar-refractivity contribution in [1.82, 2.24) is 14.8 Å². The molecule has 3 rings (SSSR count). The number of nitrogens with zero attached hydrogens (tertiary/aromatic N) is 5. The Morgan fingerprint density at radius 2 is 2.12 bits per heavy atom. The molecule has 9 heteroatoms. The summed E-state index contributed by atoms with van der Waals surface area (Å²) in [5, 5.41) is 24.2. The Balaban J connectivity index is 2.19. The van der Waals surface area contributed by atoms with Crippen LogP contribution in [-0.4, -0.2) is 19.7 Å². The highest BCUT2D eigenvalue weighted by Gasteiger charge is 2.35. The van der Waals surface area contributed by atoms with Crippen molar-refractivity contribution in [2.45, 2.75) is 12.8 Å². The Hall–Kier alpha value is -3.67. The molecule has 0 amide bonds. The van der Waals surface area contributed by atoms with Crippen molar-refractivity contribution in [1.29, 1.82) is 5.26 Å². The third-order valence-electron chi connectivity index (χ3n) is 3.59. The number of benzene rings is 1. The van der Waals surface area contributed by atoms with Crippen LogP contribution in [0.1, 0.15) is 18.4 Å². The van der Waals surface area contributed by atoms with Gasteiger partial charge in [0.25, 0.3) is 0 Å². The van der Waals surface area contributed by atoms with Gasteiger partial charge in [-0.1, -0.05) is 35.3 Å². The number of nitrogens with two attached hydrogens (primary N) is 1. The molecule has 2 heterocycles. The molecule has 9 nitrogen and oxygen atoms in total. The molecule has 2 aromatic rings. The van der Waals surface area contributed by atoms with Crippen molar-refractivity contribution in [3.8, 4) is 6.07 Å². The zero-order valence-electron chi connectivity index (χ0n) is 12.6. The van der Waals surface area contributed by atoms with Crippen molar-refractivity contribution >= 4 is 11.6 Å². The van der Waals surface area contributed by atoms with Crippen molar-refractivity contribution in [3.05, 3.63) is 69.6 Å². The van der Waals surface area contributed by atoms with E-state index >= 15 is 0 Å². The van der Waals surface area contributed by atoms with Crippen LogP contribution in [0.3, 0.4) is 0 Å². The molecule has 2 N–H and O–H groups in total. The number of nitro groups is 1. The van der Waals surface area contributed by atoms with Crippen LogP contribution in [0.4, 0.5) is 5.95 Å². The molecule has 1 unspecified atom stereocenters. The Morgan fingerprint density at radius 3 is 2.71 bits per heavy atom. The van der Waals surface area contributed by atoms with Crippen LogP contribution in [0.2, 0.25) is 0 Å². The summed E-state index contributed by atoms with van der Waals surface area (Å²) in [6.07, 6.45) is 1.22. The van der Waals surface area contributed by atoms with Crippen molar-refractivity contribution in [2.75, 3.05) is 0 Å². The van der Waals surface area contributed by atoms with Gasteiger partial charge in [-0.05, 0) is 17.4 Å². The Morgan fingerprint density at radius 1 is 1.42 bits per heavy atom. The normalized spacial score (nSPS) is 17.4. The van der Waals surface area contributed by atoms with E-state index in [0.29, 0.717) is 11.5 Å². The van der Waals surface area contributed by atoms with Crippen molar-refractivity contribution in [3.63, 3.8) is 0 Å². The van der Waals surface area contributed by atoms with Crippen LogP contribution in [0.5, 0.6) is 0 Å². The minimum absolute atomic E-state index is 0.00205. The lowest BCUT2D eigenvalue weighted by molar-refractivity contribution is -0.394. The van der Waals surface area contributed by atoms with Gasteiger partial charge in [0.05, 0.1) is 5.92 Å². The lowest BCUT2D eigenvalue weighted by Crippen LogP contribution is -2.22. The Bertz CT molecular complexity index is 907. The van der Waals surface area contributed by atoms with Gasteiger partial charge in [0.2, 0.25) is 12.2 Å². The molecule has 0 aliphatic carbocycles. The largest absolute Gasteiger partial charge is 0.491 e. The molecule has 1 aliphatic heterocycles. The van der Waals surface area contributed by atoms with Gasteiger partial charge < -0.3 is 20.6 Å². The first-order chi connectivity index (χ1) is 11.5. The molecule has 1 atom stereocenters. The second-order valence-corrected chi connectivity index (χ2v) is 5.02. The molecule has 0 radical (unpaired) electrons. The maximum atomic E-state index is 10.8. The van der Waals surface area contributed by atoms with Gasteiger partial charge in [0.15, 0.2) is 0 Å². The summed E-state index contributed by atoms with van der Waals surface area (Å²) in [5.41, 5.74) is 7.29. The van der Waals surface area contributed by atoms with Gasteiger partial charge >= 0.3 is 5.95 Å². The third kappa shape index (κ3) is 2.46. The number of ether oxygens (including phenoxy) is 1. The van der Waals surface area contributed by atoms with E-state index in [1.165, 1.54) is 11.0 Å². The zero-order valence-corrected chi connectivity index (χ0v) is 12.6. The van der Waals surface area contributed by atoms with Gasteiger partial charge in [-0.2, -0.15) is 5.26 Å². The fraction of sp³-hybridized carbons (Fsp3) is 0.133. The lowest BCUT2D eigenvalue weighted by atomic mass is 9.87. The smallest absolute Gasteiger partial charge is 0.443 e. The quantitative estimate of drug-likeness (QED) is 0.673. The molecule has 0 fully saturated rings. The van der Waals surface area contributed by atoms with Crippen LogP contribution < -0.4 is 5.73 Å². The number of allylic oxidation sites excluding steroid dienone is 3. The second-order valence-electron chi connectivity index (χ2n) is 5.02. The maximum Gasteiger partial charge on any atom is 0.491 e. The standard InChI is InChI=1S/C15H12N6O3/c1-9-13(20-8-18-15(19-20)21(22)23)12(10-5-3-2-4-6-10)11(7-16)14(17)24-9/h2-6,8,12H,17H2,1H3. The van der Waals surface area contributed by atoms with E-state index in [2.05, 4.69) is 16.2 Å². The first-order valence-electron chi connectivity index (χ1n) is 6.92. The minimum atomic E-state index is -0.691. The first kappa shape index (κ1) is 15.2. The van der Waals surface area contributed by atoms with E-state index in [1.807, 2.05) is 30.3 Å². The molecular weight excluding hydrogens is 312 g/mol. The summed E-state index contributed by atoms with van der Waals surface area (Å²) in [5.74, 6) is -0.711. The Labute approximate surface area is 136 Å².